The summed E-state index contributed by atoms with van der Waals surface area (Å²) < 4.78 is 1.48. The van der Waals surface area contributed by atoms with Gasteiger partial charge in [-0.3, -0.25) is 9.59 Å². The number of aryl methyl sites for hydroxylation is 1. The molecule has 1 unspecified atom stereocenters. The van der Waals surface area contributed by atoms with E-state index < -0.39 is 0 Å². The molecule has 5 nitrogen and oxygen atoms in total. The van der Waals surface area contributed by atoms with Crippen LogP contribution in [0.5, 0.6) is 0 Å². The van der Waals surface area contributed by atoms with Gasteiger partial charge in [0.15, 0.2) is 0 Å². The van der Waals surface area contributed by atoms with Gasteiger partial charge in [-0.1, -0.05) is 30.3 Å². The molecular weight excluding hydrogens is 290 g/mol. The summed E-state index contributed by atoms with van der Waals surface area (Å²) in [7, 11) is 3.49. The Kier molecular flexibility index (Phi) is 3.94. The smallest absolute Gasteiger partial charge is 0.273 e. The Morgan fingerprint density at radius 1 is 1.30 bits per heavy atom. The highest BCUT2D eigenvalue weighted by Gasteiger charge is 2.26. The maximum Gasteiger partial charge on any atom is 0.273 e. The number of carbonyl (C=O) groups excluding carboxylic acids is 1. The Balaban J connectivity index is 1.97. The highest BCUT2D eigenvalue weighted by Crippen LogP contribution is 2.26. The number of hydrogen-bond donors (Lipinski definition) is 1. The van der Waals surface area contributed by atoms with Crippen molar-refractivity contribution in [3.8, 4) is 0 Å². The minimum Gasteiger partial charge on any atom is -0.380 e. The summed E-state index contributed by atoms with van der Waals surface area (Å²) in [5, 5.41) is 3.10. The second-order valence-corrected chi connectivity index (χ2v) is 5.99. The van der Waals surface area contributed by atoms with Crippen molar-refractivity contribution in [3.63, 3.8) is 0 Å². The molecule has 0 radical (unpaired) electrons. The lowest BCUT2D eigenvalue weighted by atomic mass is 10.0. The van der Waals surface area contributed by atoms with Crippen molar-refractivity contribution in [1.82, 2.24) is 9.47 Å². The van der Waals surface area contributed by atoms with Crippen molar-refractivity contribution in [1.29, 1.82) is 0 Å². The van der Waals surface area contributed by atoms with Gasteiger partial charge in [-0.25, -0.2) is 0 Å². The van der Waals surface area contributed by atoms with Gasteiger partial charge in [0.05, 0.1) is 11.6 Å². The second kappa shape index (κ2) is 5.91. The number of nitrogens with one attached hydrogen (secondary N) is 1. The van der Waals surface area contributed by atoms with Gasteiger partial charge in [0.2, 0.25) is 0 Å². The van der Waals surface area contributed by atoms with Gasteiger partial charge in [0, 0.05) is 26.8 Å². The lowest BCUT2D eigenvalue weighted by molar-refractivity contribution is 0.0741. The van der Waals surface area contributed by atoms with Crippen LogP contribution in [0.2, 0.25) is 0 Å². The van der Waals surface area contributed by atoms with Crippen LogP contribution in [0, 0.1) is 0 Å². The zero-order chi connectivity index (χ0) is 16.6. The van der Waals surface area contributed by atoms with Gasteiger partial charge in [-0.2, -0.15) is 0 Å². The summed E-state index contributed by atoms with van der Waals surface area (Å²) in [6.07, 6.45) is 2.37. The molecule has 2 heterocycles. The minimum atomic E-state index is -0.0761. The van der Waals surface area contributed by atoms with Crippen LogP contribution < -0.4 is 10.9 Å². The Bertz CT molecular complexity index is 796. The largest absolute Gasteiger partial charge is 0.380 e. The van der Waals surface area contributed by atoms with E-state index in [1.807, 2.05) is 37.3 Å². The zero-order valence-corrected chi connectivity index (χ0v) is 13.7. The summed E-state index contributed by atoms with van der Waals surface area (Å²) >= 11 is 0. The van der Waals surface area contributed by atoms with Crippen molar-refractivity contribution in [2.75, 3.05) is 18.9 Å². The van der Waals surface area contributed by atoms with Crippen LogP contribution in [-0.4, -0.2) is 29.0 Å². The number of hydrogen-bond acceptors (Lipinski definition) is 3. The SMILES string of the molecule is CC(c1ccccc1)N(C)C(=O)c1cn(C)c(=O)c2c1CCN2. The summed E-state index contributed by atoms with van der Waals surface area (Å²) in [6.45, 7) is 2.71. The minimum absolute atomic E-state index is 0.0362. The molecule has 0 aliphatic carbocycles. The maximum atomic E-state index is 13.0. The Labute approximate surface area is 135 Å². The molecule has 0 bridgehead atoms. The number of amides is 1. The molecule has 1 aromatic carbocycles. The Morgan fingerprint density at radius 3 is 2.70 bits per heavy atom. The first-order valence-electron chi connectivity index (χ1n) is 7.79. The fraction of sp³-hybridized carbons (Fsp3) is 0.333. The fourth-order valence-electron chi connectivity index (χ4n) is 3.03. The molecule has 120 valence electrons. The lowest BCUT2D eigenvalue weighted by Crippen LogP contribution is -2.32. The predicted octanol–water partition coefficient (Wildman–Crippen LogP) is 2.19. The van der Waals surface area contributed by atoms with E-state index in [0.717, 1.165) is 11.1 Å². The monoisotopic (exact) mass is 311 g/mol. The molecular formula is C18H21N3O2. The molecule has 0 saturated carbocycles. The van der Waals surface area contributed by atoms with Crippen molar-refractivity contribution in [2.24, 2.45) is 7.05 Å². The third kappa shape index (κ3) is 2.63. The highest BCUT2D eigenvalue weighted by atomic mass is 16.2. The van der Waals surface area contributed by atoms with Gasteiger partial charge >= 0.3 is 0 Å². The van der Waals surface area contributed by atoms with E-state index >= 15 is 0 Å². The van der Waals surface area contributed by atoms with Gasteiger partial charge in [-0.15, -0.1) is 0 Å². The molecule has 1 amide bonds. The molecule has 23 heavy (non-hydrogen) atoms. The molecule has 1 atom stereocenters. The van der Waals surface area contributed by atoms with E-state index in [9.17, 15) is 9.59 Å². The molecule has 0 spiro atoms. The van der Waals surface area contributed by atoms with Crippen LogP contribution in [-0.2, 0) is 13.5 Å². The molecule has 0 saturated heterocycles. The molecule has 2 aromatic rings. The topological polar surface area (TPSA) is 54.3 Å². The van der Waals surface area contributed by atoms with E-state index in [0.29, 0.717) is 24.2 Å². The van der Waals surface area contributed by atoms with Crippen LogP contribution in [0.1, 0.15) is 34.5 Å². The van der Waals surface area contributed by atoms with E-state index in [1.54, 1.807) is 25.2 Å². The standard InChI is InChI=1S/C18H21N3O2/c1-12(13-7-5-4-6-8-13)21(3)17(22)15-11-20(2)18(23)16-14(15)9-10-19-16/h4-8,11-12,19H,9-10H2,1-3H3. The molecule has 1 aromatic heterocycles. The van der Waals surface area contributed by atoms with Gasteiger partial charge in [0.25, 0.3) is 11.5 Å². The van der Waals surface area contributed by atoms with Crippen LogP contribution in [0.25, 0.3) is 0 Å². The van der Waals surface area contributed by atoms with E-state index in [4.69, 9.17) is 0 Å². The van der Waals surface area contributed by atoms with E-state index in [1.165, 1.54) is 4.57 Å². The quantitative estimate of drug-likeness (QED) is 0.945. The number of carbonyl (C=O) groups is 1. The normalized spacial score (nSPS) is 14.0. The second-order valence-electron chi connectivity index (χ2n) is 5.99. The van der Waals surface area contributed by atoms with Crippen LogP contribution in [0.15, 0.2) is 41.3 Å². The zero-order valence-electron chi connectivity index (χ0n) is 13.7. The third-order valence-electron chi connectivity index (χ3n) is 4.57. The fourth-order valence-corrected chi connectivity index (χ4v) is 3.03. The van der Waals surface area contributed by atoms with E-state index in [-0.39, 0.29) is 17.5 Å². The number of pyridine rings is 1. The number of benzene rings is 1. The third-order valence-corrected chi connectivity index (χ3v) is 4.57. The number of nitrogens with zero attached hydrogens (tertiary/aromatic N) is 2. The molecule has 1 aliphatic rings. The molecule has 1 N–H and O–H groups in total. The average Bonchev–Trinajstić information content (AvgIpc) is 3.07. The molecule has 0 fully saturated rings. The van der Waals surface area contributed by atoms with Crippen molar-refractivity contribution in [3.05, 3.63) is 63.6 Å². The average molecular weight is 311 g/mol. The van der Waals surface area contributed by atoms with Crippen LogP contribution in [0.3, 0.4) is 0 Å². The first kappa shape index (κ1) is 15.3. The van der Waals surface area contributed by atoms with Crippen LogP contribution in [0.4, 0.5) is 5.69 Å². The first-order valence-corrected chi connectivity index (χ1v) is 7.79. The van der Waals surface area contributed by atoms with Crippen molar-refractivity contribution in [2.45, 2.75) is 19.4 Å². The number of rotatable bonds is 3. The van der Waals surface area contributed by atoms with Crippen molar-refractivity contribution < 1.29 is 4.79 Å². The maximum absolute atomic E-state index is 13.0. The van der Waals surface area contributed by atoms with Gasteiger partial charge < -0.3 is 14.8 Å². The molecule has 3 rings (SSSR count). The van der Waals surface area contributed by atoms with Gasteiger partial charge in [-0.05, 0) is 24.5 Å². The summed E-state index contributed by atoms with van der Waals surface area (Å²) in [5.74, 6) is -0.0584. The predicted molar refractivity (Wildman–Crippen MR) is 90.8 cm³/mol. The number of fused-ring (bicyclic) bond motifs is 1. The summed E-state index contributed by atoms with van der Waals surface area (Å²) in [4.78, 5) is 26.8. The van der Waals surface area contributed by atoms with Crippen molar-refractivity contribution >= 4 is 11.6 Å². The molecule has 1 aliphatic heterocycles. The van der Waals surface area contributed by atoms with Crippen LogP contribution >= 0.6 is 0 Å². The first-order chi connectivity index (χ1) is 11.0. The molecule has 5 heteroatoms. The Hall–Kier alpha value is -2.56. The Morgan fingerprint density at radius 2 is 2.00 bits per heavy atom. The van der Waals surface area contributed by atoms with Gasteiger partial charge in [0.1, 0.15) is 5.69 Å². The lowest BCUT2D eigenvalue weighted by Gasteiger charge is -2.26. The summed E-state index contributed by atoms with van der Waals surface area (Å²) in [6, 6.07) is 9.90. The van der Waals surface area contributed by atoms with E-state index in [2.05, 4.69) is 5.32 Å². The number of aromatic nitrogens is 1. The number of anilines is 1. The summed E-state index contributed by atoms with van der Waals surface area (Å²) in [5.41, 5.74) is 3.03. The highest BCUT2D eigenvalue weighted by molar-refractivity contribution is 5.97.